The summed E-state index contributed by atoms with van der Waals surface area (Å²) in [7, 11) is 0. The summed E-state index contributed by atoms with van der Waals surface area (Å²) in [6.07, 6.45) is 10.2. The molecule has 0 heterocycles. The molecule has 0 bridgehead atoms. The van der Waals surface area contributed by atoms with Crippen LogP contribution in [0.25, 0.3) is 0 Å². The molecule has 4 N–H and O–H groups in total. The second-order valence-electron chi connectivity index (χ2n) is 10.3. The van der Waals surface area contributed by atoms with E-state index in [1.54, 1.807) is 27.7 Å². The molecule has 0 atom stereocenters. The summed E-state index contributed by atoms with van der Waals surface area (Å²) < 4.78 is 0. The largest absolute Gasteiger partial charge is 0.508 e. The van der Waals surface area contributed by atoms with Gasteiger partial charge in [-0.2, -0.15) is 0 Å². The molecule has 1 rings (SSSR count). The van der Waals surface area contributed by atoms with E-state index < -0.39 is 22.8 Å². The molecule has 0 aromatic heterocycles. The van der Waals surface area contributed by atoms with Crippen LogP contribution in [0, 0.1) is 10.8 Å². The number of benzene rings is 1. The summed E-state index contributed by atoms with van der Waals surface area (Å²) in [5, 5.41) is 38.7. The molecule has 0 amide bonds. The molecule has 0 aliphatic rings. The van der Waals surface area contributed by atoms with E-state index >= 15 is 0 Å². The van der Waals surface area contributed by atoms with E-state index in [0.29, 0.717) is 12.8 Å². The number of phenolic OH excluding ortho intramolecular Hbond substituents is 2. The van der Waals surface area contributed by atoms with Crippen LogP contribution in [-0.4, -0.2) is 32.4 Å². The zero-order valence-corrected chi connectivity index (χ0v) is 20.2. The van der Waals surface area contributed by atoms with Gasteiger partial charge in [0.1, 0.15) is 11.5 Å². The van der Waals surface area contributed by atoms with Gasteiger partial charge in [-0.05, 0) is 83.4 Å². The minimum Gasteiger partial charge on any atom is -0.508 e. The Morgan fingerprint density at radius 2 is 0.969 bits per heavy atom. The maximum Gasteiger partial charge on any atom is 0.309 e. The average molecular weight is 451 g/mol. The molecule has 0 unspecified atom stereocenters. The lowest BCUT2D eigenvalue weighted by atomic mass is 9.87. The third-order valence-corrected chi connectivity index (χ3v) is 6.43. The van der Waals surface area contributed by atoms with Gasteiger partial charge in [-0.15, -0.1) is 0 Å². The monoisotopic (exact) mass is 450 g/mol. The fourth-order valence-corrected chi connectivity index (χ4v) is 3.76. The topological polar surface area (TPSA) is 115 Å². The normalized spacial score (nSPS) is 12.1. The molecule has 0 spiro atoms. The molecule has 0 saturated carbocycles. The van der Waals surface area contributed by atoms with Gasteiger partial charge in [0.15, 0.2) is 0 Å². The summed E-state index contributed by atoms with van der Waals surface area (Å²) in [5.41, 5.74) is 0.312. The maximum absolute atomic E-state index is 11.1. The standard InChI is InChI=1S/C26H42O6/c1-25(2,23(29)30)15-11-7-5-9-13-19-17-20(22(28)18-21(19)27)14-10-6-8-12-16-26(3,4)24(31)32/h17-18,27-28H,5-16H2,1-4H3,(H,29,30)(H,31,32). The highest BCUT2D eigenvalue weighted by Gasteiger charge is 2.26. The third kappa shape index (κ3) is 9.49. The number of carboxylic acid groups (broad SMARTS) is 2. The van der Waals surface area contributed by atoms with Crippen molar-refractivity contribution >= 4 is 11.9 Å². The smallest absolute Gasteiger partial charge is 0.309 e. The van der Waals surface area contributed by atoms with Gasteiger partial charge in [0.25, 0.3) is 0 Å². The van der Waals surface area contributed by atoms with Gasteiger partial charge in [-0.1, -0.05) is 38.5 Å². The minimum absolute atomic E-state index is 0.120. The van der Waals surface area contributed by atoms with Gasteiger partial charge >= 0.3 is 11.9 Å². The van der Waals surface area contributed by atoms with E-state index in [1.807, 2.05) is 6.07 Å². The number of hydrogen-bond donors (Lipinski definition) is 4. The van der Waals surface area contributed by atoms with Gasteiger partial charge in [0, 0.05) is 6.07 Å². The number of aryl methyl sites for hydroxylation is 2. The van der Waals surface area contributed by atoms with Crippen molar-refractivity contribution in [2.45, 2.75) is 105 Å². The molecule has 6 nitrogen and oxygen atoms in total. The highest BCUT2D eigenvalue weighted by atomic mass is 16.4. The lowest BCUT2D eigenvalue weighted by Gasteiger charge is -2.18. The number of aromatic hydroxyl groups is 2. The Hall–Kier alpha value is -2.24. The zero-order chi connectivity index (χ0) is 24.4. The van der Waals surface area contributed by atoms with Crippen LogP contribution in [0.1, 0.15) is 103 Å². The van der Waals surface area contributed by atoms with E-state index in [0.717, 1.165) is 75.3 Å². The second-order valence-corrected chi connectivity index (χ2v) is 10.3. The molecular weight excluding hydrogens is 408 g/mol. The number of phenols is 2. The van der Waals surface area contributed by atoms with Crippen molar-refractivity contribution in [1.29, 1.82) is 0 Å². The van der Waals surface area contributed by atoms with Gasteiger partial charge in [0.2, 0.25) is 0 Å². The molecule has 0 aliphatic carbocycles. The van der Waals surface area contributed by atoms with Crippen molar-refractivity contribution in [3.63, 3.8) is 0 Å². The Morgan fingerprint density at radius 1 is 0.625 bits per heavy atom. The van der Waals surface area contributed by atoms with Crippen molar-refractivity contribution in [2.75, 3.05) is 0 Å². The van der Waals surface area contributed by atoms with Crippen LogP contribution >= 0.6 is 0 Å². The Morgan fingerprint density at radius 3 is 1.31 bits per heavy atom. The van der Waals surface area contributed by atoms with Crippen molar-refractivity contribution in [2.24, 2.45) is 10.8 Å². The molecule has 0 aliphatic heterocycles. The third-order valence-electron chi connectivity index (χ3n) is 6.43. The predicted molar refractivity (Wildman–Crippen MR) is 126 cm³/mol. The van der Waals surface area contributed by atoms with Crippen LogP contribution < -0.4 is 0 Å². The van der Waals surface area contributed by atoms with E-state index in [4.69, 9.17) is 10.2 Å². The molecule has 182 valence electrons. The van der Waals surface area contributed by atoms with Gasteiger partial charge < -0.3 is 20.4 Å². The van der Waals surface area contributed by atoms with E-state index in [9.17, 15) is 19.8 Å². The average Bonchev–Trinajstić information content (AvgIpc) is 2.69. The number of rotatable bonds is 16. The first-order valence-electron chi connectivity index (χ1n) is 11.9. The van der Waals surface area contributed by atoms with Crippen molar-refractivity contribution in [3.05, 3.63) is 23.3 Å². The fourth-order valence-electron chi connectivity index (χ4n) is 3.76. The molecule has 1 aromatic rings. The number of unbranched alkanes of at least 4 members (excludes halogenated alkanes) is 6. The Balaban J connectivity index is 2.38. The van der Waals surface area contributed by atoms with Gasteiger partial charge in [-0.25, -0.2) is 0 Å². The molecule has 0 fully saturated rings. The first-order chi connectivity index (χ1) is 14.9. The summed E-state index contributed by atoms with van der Waals surface area (Å²) in [6.45, 7) is 7.01. The zero-order valence-electron chi connectivity index (χ0n) is 20.2. The van der Waals surface area contributed by atoms with Gasteiger partial charge in [-0.3, -0.25) is 9.59 Å². The van der Waals surface area contributed by atoms with E-state index in [2.05, 4.69) is 0 Å². The number of carboxylic acids is 2. The van der Waals surface area contributed by atoms with Crippen molar-refractivity contribution in [3.8, 4) is 11.5 Å². The van der Waals surface area contributed by atoms with Crippen LogP contribution in [0.3, 0.4) is 0 Å². The summed E-state index contributed by atoms with van der Waals surface area (Å²) in [4.78, 5) is 22.3. The van der Waals surface area contributed by atoms with Crippen molar-refractivity contribution in [1.82, 2.24) is 0 Å². The first-order valence-corrected chi connectivity index (χ1v) is 11.9. The number of carbonyl (C=O) groups is 2. The Bertz CT molecular complexity index is 692. The summed E-state index contributed by atoms with van der Waals surface area (Å²) in [5.74, 6) is -1.28. The molecule has 0 radical (unpaired) electrons. The van der Waals surface area contributed by atoms with E-state index in [-0.39, 0.29) is 11.5 Å². The molecule has 0 saturated heterocycles. The van der Waals surface area contributed by atoms with Crippen LogP contribution in [0.5, 0.6) is 11.5 Å². The fraction of sp³-hybridized carbons (Fsp3) is 0.692. The molecular formula is C26H42O6. The van der Waals surface area contributed by atoms with Gasteiger partial charge in [0.05, 0.1) is 10.8 Å². The summed E-state index contributed by atoms with van der Waals surface area (Å²) >= 11 is 0. The summed E-state index contributed by atoms with van der Waals surface area (Å²) in [6, 6.07) is 3.32. The quantitative estimate of drug-likeness (QED) is 0.220. The number of hydrogen-bond acceptors (Lipinski definition) is 4. The number of aliphatic carboxylic acids is 2. The molecule has 1 aromatic carbocycles. The molecule has 32 heavy (non-hydrogen) atoms. The van der Waals surface area contributed by atoms with E-state index in [1.165, 1.54) is 6.07 Å². The van der Waals surface area contributed by atoms with Crippen LogP contribution in [-0.2, 0) is 22.4 Å². The van der Waals surface area contributed by atoms with Crippen LogP contribution in [0.15, 0.2) is 12.1 Å². The lowest BCUT2D eigenvalue weighted by molar-refractivity contribution is -0.148. The van der Waals surface area contributed by atoms with Crippen molar-refractivity contribution < 1.29 is 30.0 Å². The second kappa shape index (κ2) is 12.7. The SMILES string of the molecule is CC(C)(CCCCCCc1cc(CCCCCCC(C)(C)C(=O)O)c(O)cc1O)C(=O)O. The van der Waals surface area contributed by atoms with Crippen LogP contribution in [0.4, 0.5) is 0 Å². The first kappa shape index (κ1) is 27.8. The Kier molecular flexibility index (Phi) is 11.0. The van der Waals surface area contributed by atoms with Crippen LogP contribution in [0.2, 0.25) is 0 Å². The highest BCUT2D eigenvalue weighted by molar-refractivity contribution is 5.73. The Labute approximate surface area is 192 Å². The lowest BCUT2D eigenvalue weighted by Crippen LogP contribution is -2.23. The maximum atomic E-state index is 11.1. The molecule has 6 heteroatoms. The minimum atomic E-state index is -0.761. The predicted octanol–water partition coefficient (Wildman–Crippen LogP) is 6.31. The highest BCUT2D eigenvalue weighted by Crippen LogP contribution is 2.31.